The van der Waals surface area contributed by atoms with Gasteiger partial charge in [0.25, 0.3) is 0 Å². The number of carboxylic acid groups (broad SMARTS) is 3. The van der Waals surface area contributed by atoms with Crippen LogP contribution in [0.25, 0.3) is 0 Å². The summed E-state index contributed by atoms with van der Waals surface area (Å²) in [6, 6.07) is 0. The average Bonchev–Trinajstić information content (AvgIpc) is 3.36. The van der Waals surface area contributed by atoms with Crippen molar-refractivity contribution in [3.8, 4) is 0 Å². The fraction of sp³-hybridized carbons (Fsp3) is 0.955. The van der Waals surface area contributed by atoms with Gasteiger partial charge in [-0.1, -0.05) is 367 Å². The maximum absolute atomic E-state index is 10.4. The number of hydrogen-bond donors (Lipinski definition) is 3. The van der Waals surface area contributed by atoms with E-state index >= 15 is 0 Å². The molecule has 0 fully saturated rings. The van der Waals surface area contributed by atoms with Crippen LogP contribution in [0.4, 0.5) is 0 Å². The van der Waals surface area contributed by atoms with Gasteiger partial charge in [-0.25, -0.2) is 0 Å². The zero-order chi connectivity index (χ0) is 53.2. The minimum absolute atomic E-state index is 0. The summed E-state index contributed by atoms with van der Waals surface area (Å²) in [5.41, 5.74) is 0. The summed E-state index contributed by atoms with van der Waals surface area (Å²) in [6.07, 6.45) is 78.3. The number of hydrogen-bond acceptors (Lipinski definition) is 3. The molecule has 73 heavy (non-hydrogen) atoms. The van der Waals surface area contributed by atoms with Crippen molar-refractivity contribution in [2.45, 2.75) is 406 Å². The van der Waals surface area contributed by atoms with Crippen LogP contribution in [-0.2, 0) is 36.8 Å². The molecule has 443 valence electrons. The molecule has 0 amide bonds. The summed E-state index contributed by atoms with van der Waals surface area (Å²) in [7, 11) is 0. The zero-order valence-electron chi connectivity index (χ0n) is 49.8. The molecule has 0 heterocycles. The Kier molecular flexibility index (Phi) is 81.2. The molecule has 0 bridgehead atoms. The maximum atomic E-state index is 10.4. The van der Waals surface area contributed by atoms with Crippen molar-refractivity contribution in [2.24, 2.45) is 0 Å². The van der Waals surface area contributed by atoms with Crippen LogP contribution < -0.4 is 0 Å². The van der Waals surface area contributed by atoms with Crippen LogP contribution >= 0.6 is 0 Å². The van der Waals surface area contributed by atoms with Gasteiger partial charge in [0.2, 0.25) is 0 Å². The first-order valence-electron chi connectivity index (χ1n) is 33.0. The number of rotatable bonds is 60. The summed E-state index contributed by atoms with van der Waals surface area (Å²) in [5.74, 6) is -1.95. The molecule has 6 nitrogen and oxygen atoms in total. The Morgan fingerprint density at radius 2 is 0.260 bits per heavy atom. The summed E-state index contributed by atoms with van der Waals surface area (Å²) in [5, 5.41) is 25.7. The van der Waals surface area contributed by atoms with E-state index in [1.807, 2.05) is 0 Å². The molecule has 0 rings (SSSR count). The van der Waals surface area contributed by atoms with Crippen molar-refractivity contribution >= 4 is 17.9 Å². The summed E-state index contributed by atoms with van der Waals surface area (Å²) >= 11 is 0. The van der Waals surface area contributed by atoms with Crippen molar-refractivity contribution < 1.29 is 52.1 Å². The Labute approximate surface area is 473 Å². The van der Waals surface area contributed by atoms with Crippen LogP contribution in [0.3, 0.4) is 0 Å². The third-order valence-electron chi connectivity index (χ3n) is 15.0. The van der Waals surface area contributed by atoms with Crippen LogP contribution in [0.2, 0.25) is 0 Å². The Morgan fingerprint density at radius 3 is 0.342 bits per heavy atom. The van der Waals surface area contributed by atoms with Crippen molar-refractivity contribution in [3.05, 3.63) is 0 Å². The molecule has 0 spiro atoms. The molecule has 0 aromatic heterocycles. The molecule has 0 aliphatic rings. The van der Waals surface area contributed by atoms with Crippen molar-refractivity contribution in [2.75, 3.05) is 0 Å². The van der Waals surface area contributed by atoms with Gasteiger partial charge in [0, 0.05) is 41.6 Å². The largest absolute Gasteiger partial charge is 0.481 e. The van der Waals surface area contributed by atoms with Crippen LogP contribution in [0.1, 0.15) is 406 Å². The van der Waals surface area contributed by atoms with E-state index in [1.54, 1.807) is 0 Å². The minimum atomic E-state index is -0.651. The van der Waals surface area contributed by atoms with Gasteiger partial charge in [-0.3, -0.25) is 14.4 Å². The SMILES string of the molecule is CCCCCCCCCCCCCCCCCCCCCC(=O)O.CCCCCCCCCCCCCCCCCCCCCC(=O)O.CCCCCCCCCCCCCCCCCCCCCC(=O)O.[Au]. The minimum Gasteiger partial charge on any atom is -0.481 e. The van der Waals surface area contributed by atoms with Gasteiger partial charge in [0.15, 0.2) is 0 Å². The summed E-state index contributed by atoms with van der Waals surface area (Å²) in [4.78, 5) is 31.1. The second-order valence-corrected chi connectivity index (χ2v) is 22.5. The summed E-state index contributed by atoms with van der Waals surface area (Å²) < 4.78 is 0. The Morgan fingerprint density at radius 1 is 0.178 bits per heavy atom. The number of carbonyl (C=O) groups is 3. The van der Waals surface area contributed by atoms with E-state index in [-0.39, 0.29) is 22.4 Å². The third kappa shape index (κ3) is 88.1. The second kappa shape index (κ2) is 75.4. The Balaban J connectivity index is -0.000000486. The van der Waals surface area contributed by atoms with Crippen molar-refractivity contribution in [1.29, 1.82) is 0 Å². The van der Waals surface area contributed by atoms with Gasteiger partial charge < -0.3 is 15.3 Å². The smallest absolute Gasteiger partial charge is 0.303 e. The standard InChI is InChI=1S/3C22H44O2.Au/c3*1-2-3-4-5-6-7-8-9-10-11-12-13-14-15-16-17-18-19-20-21-22(23)24;/h3*2-21H2,1H3,(H,23,24);. The first-order chi connectivity index (χ1) is 35.3. The van der Waals surface area contributed by atoms with Crippen molar-refractivity contribution in [3.63, 3.8) is 0 Å². The molecule has 1 radical (unpaired) electrons. The molecule has 0 atom stereocenters. The Bertz CT molecular complexity index is 882. The molecule has 0 aromatic rings. The fourth-order valence-corrected chi connectivity index (χ4v) is 10.1. The van der Waals surface area contributed by atoms with E-state index in [1.165, 1.54) is 327 Å². The third-order valence-corrected chi connectivity index (χ3v) is 15.0. The molecular formula is C66H132AuO6. The van der Waals surface area contributed by atoms with E-state index in [0.717, 1.165) is 38.5 Å². The molecule has 0 aliphatic carbocycles. The van der Waals surface area contributed by atoms with Crippen LogP contribution in [0.5, 0.6) is 0 Å². The first-order valence-corrected chi connectivity index (χ1v) is 33.0. The van der Waals surface area contributed by atoms with Gasteiger partial charge in [0.05, 0.1) is 0 Å². The van der Waals surface area contributed by atoms with Crippen molar-refractivity contribution in [1.82, 2.24) is 0 Å². The molecule has 0 aliphatic heterocycles. The van der Waals surface area contributed by atoms with E-state index < -0.39 is 17.9 Å². The summed E-state index contributed by atoms with van der Waals surface area (Å²) in [6.45, 7) is 6.85. The maximum Gasteiger partial charge on any atom is 0.303 e. The predicted molar refractivity (Wildman–Crippen MR) is 317 cm³/mol. The number of aliphatic carboxylic acids is 3. The normalized spacial score (nSPS) is 10.9. The monoisotopic (exact) mass is 1220 g/mol. The number of carboxylic acids is 3. The van der Waals surface area contributed by atoms with Gasteiger partial charge in [0.1, 0.15) is 0 Å². The predicted octanol–water partition coefficient (Wildman–Crippen LogP) is 23.7. The molecule has 7 heteroatoms. The molecule has 0 unspecified atom stereocenters. The van der Waals surface area contributed by atoms with E-state index in [2.05, 4.69) is 20.8 Å². The first kappa shape index (κ1) is 78.6. The number of unbranched alkanes of at least 4 members (excludes halogenated alkanes) is 54. The second-order valence-electron chi connectivity index (χ2n) is 22.5. The van der Waals surface area contributed by atoms with Gasteiger partial charge in [-0.2, -0.15) is 0 Å². The van der Waals surface area contributed by atoms with Gasteiger partial charge in [-0.15, -0.1) is 0 Å². The average molecular weight is 1220 g/mol. The molecule has 0 saturated heterocycles. The fourth-order valence-electron chi connectivity index (χ4n) is 10.1. The van der Waals surface area contributed by atoms with Crippen LogP contribution in [0, 0.1) is 0 Å². The van der Waals surface area contributed by atoms with Crippen LogP contribution in [0.15, 0.2) is 0 Å². The van der Waals surface area contributed by atoms with E-state index in [4.69, 9.17) is 15.3 Å². The van der Waals surface area contributed by atoms with Crippen LogP contribution in [-0.4, -0.2) is 33.2 Å². The van der Waals surface area contributed by atoms with Gasteiger partial charge >= 0.3 is 17.9 Å². The van der Waals surface area contributed by atoms with E-state index in [0.29, 0.717) is 19.3 Å². The Hall–Kier alpha value is -0.850. The topological polar surface area (TPSA) is 112 Å². The van der Waals surface area contributed by atoms with E-state index in [9.17, 15) is 14.4 Å². The van der Waals surface area contributed by atoms with Gasteiger partial charge in [-0.05, 0) is 19.3 Å². The quantitative estimate of drug-likeness (QED) is 0.0413. The zero-order valence-corrected chi connectivity index (χ0v) is 52.0. The molecule has 3 N–H and O–H groups in total. The molecule has 0 aromatic carbocycles. The molecule has 0 saturated carbocycles. The molecular weight excluding hydrogens is 1090 g/mol.